The first-order chi connectivity index (χ1) is 9.10. The molecule has 0 unspecified atom stereocenters. The molecule has 0 amide bonds. The molecule has 0 saturated heterocycles. The topological polar surface area (TPSA) is 59.7 Å². The molecule has 2 aromatic rings. The van der Waals surface area contributed by atoms with E-state index in [4.69, 9.17) is 9.15 Å². The van der Waals surface area contributed by atoms with E-state index in [0.29, 0.717) is 24.2 Å². The first-order valence-corrected chi connectivity index (χ1v) is 6.87. The SMILES string of the molecule is COc1cc(C2(C(=O)O)CCC2)c(Br)c2ccoc12. The van der Waals surface area contributed by atoms with Gasteiger partial charge in [-0.3, -0.25) is 4.79 Å². The highest BCUT2D eigenvalue weighted by atomic mass is 79.9. The minimum atomic E-state index is -0.794. The first kappa shape index (κ1) is 12.5. The van der Waals surface area contributed by atoms with E-state index < -0.39 is 11.4 Å². The maximum absolute atomic E-state index is 11.6. The third-order valence-corrected chi connectivity index (χ3v) is 4.84. The standard InChI is InChI=1S/C14H13BrO4/c1-18-10-7-9(14(13(16)17)4-2-5-14)11(15)8-3-6-19-12(8)10/h3,6-7H,2,4-5H2,1H3,(H,16,17). The van der Waals surface area contributed by atoms with Crippen molar-refractivity contribution in [3.05, 3.63) is 28.4 Å². The van der Waals surface area contributed by atoms with Gasteiger partial charge < -0.3 is 14.3 Å². The number of aliphatic carboxylic acids is 1. The van der Waals surface area contributed by atoms with E-state index in [-0.39, 0.29) is 0 Å². The summed E-state index contributed by atoms with van der Waals surface area (Å²) in [7, 11) is 1.56. The van der Waals surface area contributed by atoms with Crippen molar-refractivity contribution in [2.75, 3.05) is 7.11 Å². The van der Waals surface area contributed by atoms with Gasteiger partial charge in [0.05, 0.1) is 18.8 Å². The van der Waals surface area contributed by atoms with Crippen LogP contribution >= 0.6 is 15.9 Å². The summed E-state index contributed by atoms with van der Waals surface area (Å²) in [6.45, 7) is 0. The van der Waals surface area contributed by atoms with E-state index in [0.717, 1.165) is 21.8 Å². The number of benzene rings is 1. The van der Waals surface area contributed by atoms with Crippen molar-refractivity contribution < 1.29 is 19.1 Å². The minimum Gasteiger partial charge on any atom is -0.493 e. The molecule has 1 aliphatic carbocycles. The molecule has 0 spiro atoms. The van der Waals surface area contributed by atoms with Crippen LogP contribution in [-0.4, -0.2) is 18.2 Å². The zero-order chi connectivity index (χ0) is 13.6. The fourth-order valence-electron chi connectivity index (χ4n) is 2.71. The van der Waals surface area contributed by atoms with E-state index in [9.17, 15) is 9.90 Å². The normalized spacial score (nSPS) is 17.2. The highest BCUT2D eigenvalue weighted by molar-refractivity contribution is 9.10. The molecule has 100 valence electrons. The van der Waals surface area contributed by atoms with Crippen LogP contribution in [0.1, 0.15) is 24.8 Å². The summed E-state index contributed by atoms with van der Waals surface area (Å²) in [4.78, 5) is 11.6. The molecule has 1 heterocycles. The highest BCUT2D eigenvalue weighted by Crippen LogP contribution is 2.50. The molecule has 3 rings (SSSR count). The molecule has 1 aromatic carbocycles. The van der Waals surface area contributed by atoms with Crippen molar-refractivity contribution in [2.24, 2.45) is 0 Å². The maximum Gasteiger partial charge on any atom is 0.314 e. The highest BCUT2D eigenvalue weighted by Gasteiger charge is 2.47. The van der Waals surface area contributed by atoms with Crippen LogP contribution in [0.2, 0.25) is 0 Å². The Balaban J connectivity index is 2.29. The summed E-state index contributed by atoms with van der Waals surface area (Å²) >= 11 is 3.52. The Kier molecular flexibility index (Phi) is 2.82. The Morgan fingerprint density at radius 1 is 1.53 bits per heavy atom. The lowest BCUT2D eigenvalue weighted by molar-refractivity contribution is -0.147. The van der Waals surface area contributed by atoms with Crippen molar-refractivity contribution >= 4 is 32.9 Å². The predicted molar refractivity (Wildman–Crippen MR) is 73.6 cm³/mol. The molecule has 1 N–H and O–H groups in total. The van der Waals surface area contributed by atoms with Gasteiger partial charge in [0, 0.05) is 9.86 Å². The predicted octanol–water partition coefficient (Wildman–Crippen LogP) is 3.71. The lowest BCUT2D eigenvalue weighted by atomic mass is 9.64. The molecule has 0 atom stereocenters. The monoisotopic (exact) mass is 324 g/mol. The fraction of sp³-hybridized carbons (Fsp3) is 0.357. The second-order valence-corrected chi connectivity index (χ2v) is 5.64. The van der Waals surface area contributed by atoms with Crippen LogP contribution in [-0.2, 0) is 10.2 Å². The number of halogens is 1. The van der Waals surface area contributed by atoms with Crippen LogP contribution in [0.5, 0.6) is 5.75 Å². The smallest absolute Gasteiger partial charge is 0.314 e. The van der Waals surface area contributed by atoms with Gasteiger partial charge in [-0.2, -0.15) is 0 Å². The number of methoxy groups -OCH3 is 1. The largest absolute Gasteiger partial charge is 0.493 e. The average molecular weight is 325 g/mol. The van der Waals surface area contributed by atoms with Gasteiger partial charge in [0.1, 0.15) is 0 Å². The molecule has 4 nitrogen and oxygen atoms in total. The molecule has 1 saturated carbocycles. The second kappa shape index (κ2) is 4.27. The number of carboxylic acid groups (broad SMARTS) is 1. The molecule has 0 bridgehead atoms. The van der Waals surface area contributed by atoms with E-state index >= 15 is 0 Å². The van der Waals surface area contributed by atoms with Gasteiger partial charge >= 0.3 is 5.97 Å². The van der Waals surface area contributed by atoms with Crippen molar-refractivity contribution in [3.63, 3.8) is 0 Å². The number of furan rings is 1. The molecule has 0 aliphatic heterocycles. The number of fused-ring (bicyclic) bond motifs is 1. The van der Waals surface area contributed by atoms with Crippen molar-refractivity contribution in [1.82, 2.24) is 0 Å². The number of carbonyl (C=O) groups is 1. The summed E-state index contributed by atoms with van der Waals surface area (Å²) in [5.41, 5.74) is 0.618. The Morgan fingerprint density at radius 2 is 2.26 bits per heavy atom. The summed E-state index contributed by atoms with van der Waals surface area (Å²) in [5.74, 6) is -0.199. The van der Waals surface area contributed by atoms with E-state index in [1.54, 1.807) is 19.4 Å². The third-order valence-electron chi connectivity index (χ3n) is 3.99. The molecule has 19 heavy (non-hydrogen) atoms. The number of rotatable bonds is 3. The summed E-state index contributed by atoms with van der Waals surface area (Å²) in [6.07, 6.45) is 3.83. The number of ether oxygens (including phenoxy) is 1. The van der Waals surface area contributed by atoms with E-state index in [1.165, 1.54) is 0 Å². The lowest BCUT2D eigenvalue weighted by Crippen LogP contribution is -2.42. The Hall–Kier alpha value is -1.49. The van der Waals surface area contributed by atoms with Gasteiger partial charge in [0.2, 0.25) is 0 Å². The molecular weight excluding hydrogens is 312 g/mol. The van der Waals surface area contributed by atoms with Crippen molar-refractivity contribution in [2.45, 2.75) is 24.7 Å². The van der Waals surface area contributed by atoms with Gasteiger partial charge in [-0.15, -0.1) is 0 Å². The van der Waals surface area contributed by atoms with Gasteiger partial charge in [-0.1, -0.05) is 6.42 Å². The van der Waals surface area contributed by atoms with E-state index in [2.05, 4.69) is 15.9 Å². The summed E-state index contributed by atoms with van der Waals surface area (Å²) in [6, 6.07) is 3.60. The van der Waals surface area contributed by atoms with Crippen LogP contribution in [0.15, 0.2) is 27.3 Å². The molecular formula is C14H13BrO4. The number of carboxylic acids is 1. The van der Waals surface area contributed by atoms with Crippen LogP contribution in [0.3, 0.4) is 0 Å². The Labute approximate surface area is 118 Å². The first-order valence-electron chi connectivity index (χ1n) is 6.08. The Morgan fingerprint density at radius 3 is 2.79 bits per heavy atom. The summed E-state index contributed by atoms with van der Waals surface area (Å²) < 4.78 is 11.5. The van der Waals surface area contributed by atoms with Crippen LogP contribution in [0, 0.1) is 0 Å². The fourth-order valence-corrected chi connectivity index (χ4v) is 3.51. The maximum atomic E-state index is 11.6. The van der Waals surface area contributed by atoms with Crippen LogP contribution in [0.4, 0.5) is 0 Å². The third kappa shape index (κ3) is 1.61. The van der Waals surface area contributed by atoms with Crippen molar-refractivity contribution in [1.29, 1.82) is 0 Å². The minimum absolute atomic E-state index is 0.575. The van der Waals surface area contributed by atoms with Crippen molar-refractivity contribution in [3.8, 4) is 5.75 Å². The second-order valence-electron chi connectivity index (χ2n) is 4.84. The lowest BCUT2D eigenvalue weighted by Gasteiger charge is -2.39. The quantitative estimate of drug-likeness (QED) is 0.934. The van der Waals surface area contributed by atoms with Gasteiger partial charge in [-0.25, -0.2) is 0 Å². The zero-order valence-electron chi connectivity index (χ0n) is 10.4. The summed E-state index contributed by atoms with van der Waals surface area (Å²) in [5, 5.41) is 10.4. The molecule has 5 heteroatoms. The van der Waals surface area contributed by atoms with Gasteiger partial charge in [0.25, 0.3) is 0 Å². The van der Waals surface area contributed by atoms with Crippen LogP contribution < -0.4 is 4.74 Å². The number of hydrogen-bond acceptors (Lipinski definition) is 3. The zero-order valence-corrected chi connectivity index (χ0v) is 12.0. The molecule has 0 radical (unpaired) electrons. The molecule has 1 aromatic heterocycles. The van der Waals surface area contributed by atoms with Gasteiger partial charge in [-0.05, 0) is 46.5 Å². The number of hydrogen-bond donors (Lipinski definition) is 1. The molecule has 1 fully saturated rings. The van der Waals surface area contributed by atoms with Gasteiger partial charge in [0.15, 0.2) is 11.3 Å². The Bertz CT molecular complexity index is 655. The van der Waals surface area contributed by atoms with E-state index in [1.807, 2.05) is 6.07 Å². The average Bonchev–Trinajstić information content (AvgIpc) is 2.79. The van der Waals surface area contributed by atoms with Crippen LogP contribution in [0.25, 0.3) is 11.0 Å². The molecule has 1 aliphatic rings.